The van der Waals surface area contributed by atoms with Gasteiger partial charge in [-0.25, -0.2) is 9.78 Å². The minimum absolute atomic E-state index is 0.126. The summed E-state index contributed by atoms with van der Waals surface area (Å²) in [5.74, 6) is 1.48. The number of carbonyl (C=O) groups excluding carboxylic acids is 1. The number of aromatic amines is 1. The number of aromatic nitrogens is 3. The fourth-order valence-electron chi connectivity index (χ4n) is 2.41. The van der Waals surface area contributed by atoms with Gasteiger partial charge in [0.25, 0.3) is 5.19 Å². The summed E-state index contributed by atoms with van der Waals surface area (Å²) < 4.78 is 11.4. The van der Waals surface area contributed by atoms with E-state index in [1.165, 1.54) is 11.3 Å². The molecule has 28 heavy (non-hydrogen) atoms. The van der Waals surface area contributed by atoms with Crippen molar-refractivity contribution in [3.05, 3.63) is 42.2 Å². The van der Waals surface area contributed by atoms with Gasteiger partial charge in [0.15, 0.2) is 0 Å². The maximum absolute atomic E-state index is 11.4. The van der Waals surface area contributed by atoms with Crippen molar-refractivity contribution in [1.29, 1.82) is 0 Å². The summed E-state index contributed by atoms with van der Waals surface area (Å²) in [6.45, 7) is 5.84. The Balaban J connectivity index is 1.65. The van der Waals surface area contributed by atoms with Crippen molar-refractivity contribution >= 4 is 17.4 Å². The molecule has 0 saturated heterocycles. The summed E-state index contributed by atoms with van der Waals surface area (Å²) in [6, 6.07) is 8.86. The Morgan fingerprint density at radius 1 is 1.18 bits per heavy atom. The molecule has 9 heteroatoms. The first-order valence-electron chi connectivity index (χ1n) is 8.89. The minimum atomic E-state index is -0.248. The van der Waals surface area contributed by atoms with Gasteiger partial charge in [-0.05, 0) is 51.1 Å². The first-order valence-corrected chi connectivity index (χ1v) is 9.70. The number of ether oxygens (including phenoxy) is 2. The third-order valence-electron chi connectivity index (χ3n) is 3.78. The molecule has 148 valence electrons. The molecule has 1 atom stereocenters. The fraction of sp³-hybridized carbons (Fsp3) is 0.316. The summed E-state index contributed by atoms with van der Waals surface area (Å²) in [5, 5.41) is 13.1. The van der Waals surface area contributed by atoms with Crippen LogP contribution in [0.5, 0.6) is 16.7 Å². The summed E-state index contributed by atoms with van der Waals surface area (Å²) in [5.41, 5.74) is 1.55. The lowest BCUT2D eigenvalue weighted by molar-refractivity contribution is 0.239. The number of hydrogen-bond donors (Lipinski definition) is 3. The van der Waals surface area contributed by atoms with Gasteiger partial charge in [0.1, 0.15) is 17.2 Å². The molecule has 0 saturated carbocycles. The van der Waals surface area contributed by atoms with Crippen molar-refractivity contribution in [2.75, 3.05) is 7.05 Å². The smallest absolute Gasteiger partial charge is 0.315 e. The van der Waals surface area contributed by atoms with Gasteiger partial charge in [-0.1, -0.05) is 11.3 Å². The zero-order chi connectivity index (χ0) is 20.1. The molecule has 0 aliphatic rings. The average Bonchev–Trinajstić information content (AvgIpc) is 3.32. The lowest BCUT2D eigenvalue weighted by atomic mass is 10.2. The lowest BCUT2D eigenvalue weighted by Gasteiger charge is -2.10. The van der Waals surface area contributed by atoms with Gasteiger partial charge in [-0.2, -0.15) is 5.10 Å². The number of thiazole rings is 1. The molecule has 2 amide bonds. The number of amides is 2. The van der Waals surface area contributed by atoms with Gasteiger partial charge in [-0.3, -0.25) is 5.10 Å². The van der Waals surface area contributed by atoms with E-state index in [2.05, 4.69) is 25.8 Å². The molecule has 3 aromatic rings. The van der Waals surface area contributed by atoms with Gasteiger partial charge in [0, 0.05) is 7.05 Å². The molecular weight excluding hydrogens is 378 g/mol. The van der Waals surface area contributed by atoms with E-state index < -0.39 is 0 Å². The molecule has 1 aromatic carbocycles. The number of H-pyrrole nitrogens is 1. The predicted molar refractivity (Wildman–Crippen MR) is 108 cm³/mol. The zero-order valence-electron chi connectivity index (χ0n) is 16.1. The highest BCUT2D eigenvalue weighted by Crippen LogP contribution is 2.33. The van der Waals surface area contributed by atoms with E-state index >= 15 is 0 Å². The topological polar surface area (TPSA) is 101 Å². The molecule has 2 heterocycles. The molecule has 2 aromatic heterocycles. The van der Waals surface area contributed by atoms with Gasteiger partial charge in [-0.15, -0.1) is 0 Å². The summed E-state index contributed by atoms with van der Waals surface area (Å²) in [6.07, 6.45) is 1.84. The van der Waals surface area contributed by atoms with E-state index in [1.807, 2.05) is 51.1 Å². The summed E-state index contributed by atoms with van der Waals surface area (Å²) >= 11 is 1.39. The minimum Gasteiger partial charge on any atom is -0.491 e. The van der Waals surface area contributed by atoms with Crippen LogP contribution < -0.4 is 20.1 Å². The van der Waals surface area contributed by atoms with Gasteiger partial charge in [0.05, 0.1) is 28.9 Å². The van der Waals surface area contributed by atoms with E-state index in [-0.39, 0.29) is 18.2 Å². The normalized spacial score (nSPS) is 11.9. The SMILES string of the molecule is CNC(=O)NC(C)c1cc(-c2cnc(Oc3ccc(OC(C)C)cc3)s2)n[nH]1. The van der Waals surface area contributed by atoms with Crippen molar-refractivity contribution < 1.29 is 14.3 Å². The number of rotatable bonds is 7. The molecule has 3 N–H and O–H groups in total. The highest BCUT2D eigenvalue weighted by molar-refractivity contribution is 7.16. The fourth-order valence-corrected chi connectivity index (χ4v) is 3.16. The maximum Gasteiger partial charge on any atom is 0.315 e. The molecule has 0 aliphatic heterocycles. The third kappa shape index (κ3) is 5.01. The molecule has 0 spiro atoms. The Kier molecular flexibility index (Phi) is 6.15. The van der Waals surface area contributed by atoms with Crippen LogP contribution in [0.15, 0.2) is 36.5 Å². The number of hydrogen-bond acceptors (Lipinski definition) is 6. The van der Waals surface area contributed by atoms with Crippen LogP contribution in [0.1, 0.15) is 32.5 Å². The molecule has 0 bridgehead atoms. The van der Waals surface area contributed by atoms with Crippen molar-refractivity contribution in [3.63, 3.8) is 0 Å². The summed E-state index contributed by atoms with van der Waals surface area (Å²) in [4.78, 5) is 16.6. The molecule has 0 fully saturated rings. The number of carbonyl (C=O) groups is 1. The highest BCUT2D eigenvalue weighted by Gasteiger charge is 2.14. The van der Waals surface area contributed by atoms with Crippen molar-refractivity contribution in [2.24, 2.45) is 0 Å². The molecule has 8 nitrogen and oxygen atoms in total. The molecule has 0 aliphatic carbocycles. The Morgan fingerprint density at radius 3 is 2.57 bits per heavy atom. The second-order valence-corrected chi connectivity index (χ2v) is 7.38. The Morgan fingerprint density at radius 2 is 1.89 bits per heavy atom. The van der Waals surface area contributed by atoms with Crippen LogP contribution in [0.4, 0.5) is 4.79 Å². The second-order valence-electron chi connectivity index (χ2n) is 6.38. The van der Waals surface area contributed by atoms with Crippen LogP contribution in [0, 0.1) is 0 Å². The zero-order valence-corrected chi connectivity index (χ0v) is 17.0. The highest BCUT2D eigenvalue weighted by atomic mass is 32.1. The van der Waals surface area contributed by atoms with Gasteiger partial charge < -0.3 is 20.1 Å². The Labute approximate surface area is 167 Å². The Hall–Kier alpha value is -3.07. The van der Waals surface area contributed by atoms with Crippen LogP contribution in [-0.4, -0.2) is 34.4 Å². The van der Waals surface area contributed by atoms with Gasteiger partial charge in [0.2, 0.25) is 0 Å². The number of nitrogens with zero attached hydrogens (tertiary/aromatic N) is 2. The third-order valence-corrected chi connectivity index (χ3v) is 4.67. The monoisotopic (exact) mass is 401 g/mol. The number of benzene rings is 1. The van der Waals surface area contributed by atoms with Crippen LogP contribution >= 0.6 is 11.3 Å². The number of urea groups is 1. The lowest BCUT2D eigenvalue weighted by Crippen LogP contribution is -2.34. The largest absolute Gasteiger partial charge is 0.491 e. The molecular formula is C19H23N5O3S. The van der Waals surface area contributed by atoms with E-state index in [9.17, 15) is 4.79 Å². The van der Waals surface area contributed by atoms with E-state index in [0.717, 1.165) is 22.0 Å². The maximum atomic E-state index is 11.4. The van der Waals surface area contributed by atoms with Crippen LogP contribution in [-0.2, 0) is 0 Å². The summed E-state index contributed by atoms with van der Waals surface area (Å²) in [7, 11) is 1.57. The van der Waals surface area contributed by atoms with E-state index in [4.69, 9.17) is 9.47 Å². The van der Waals surface area contributed by atoms with Crippen molar-refractivity contribution in [1.82, 2.24) is 25.8 Å². The standard InChI is InChI=1S/C19H23N5O3S/c1-11(2)26-13-5-7-14(8-6-13)27-19-21-10-17(28-19)16-9-15(23-24-16)12(3)22-18(25)20-4/h5-12H,1-4H3,(H,23,24)(H2,20,22,25). The van der Waals surface area contributed by atoms with Crippen molar-refractivity contribution in [2.45, 2.75) is 32.9 Å². The predicted octanol–water partition coefficient (Wildman–Crippen LogP) is 4.10. The second kappa shape index (κ2) is 8.75. The Bertz CT molecular complexity index is 920. The average molecular weight is 401 g/mol. The van der Waals surface area contributed by atoms with Gasteiger partial charge >= 0.3 is 6.03 Å². The van der Waals surface area contributed by atoms with Crippen molar-refractivity contribution in [3.8, 4) is 27.3 Å². The molecule has 3 rings (SSSR count). The quantitative estimate of drug-likeness (QED) is 0.553. The van der Waals surface area contributed by atoms with Crippen LogP contribution in [0.2, 0.25) is 0 Å². The molecule has 0 radical (unpaired) electrons. The van der Waals surface area contributed by atoms with Crippen LogP contribution in [0.25, 0.3) is 10.6 Å². The number of nitrogens with one attached hydrogen (secondary N) is 3. The molecule has 1 unspecified atom stereocenters. The van der Waals surface area contributed by atoms with E-state index in [1.54, 1.807) is 13.2 Å². The first kappa shape index (κ1) is 19.7. The first-order chi connectivity index (χ1) is 13.4. The van der Waals surface area contributed by atoms with E-state index in [0.29, 0.717) is 10.9 Å². The van der Waals surface area contributed by atoms with Crippen LogP contribution in [0.3, 0.4) is 0 Å².